The van der Waals surface area contributed by atoms with Crippen molar-refractivity contribution in [3.63, 3.8) is 0 Å². The quantitative estimate of drug-likeness (QED) is 0.0619. The summed E-state index contributed by atoms with van der Waals surface area (Å²) in [6, 6.07) is 8.62. The van der Waals surface area contributed by atoms with Crippen LogP contribution < -0.4 is 13.1 Å². The fraction of sp³-hybridized carbons (Fsp3) is 0.486. The van der Waals surface area contributed by atoms with E-state index in [1.165, 1.54) is 36.4 Å². The number of hydrogen-bond acceptors (Lipinski definition) is 17. The summed E-state index contributed by atoms with van der Waals surface area (Å²) < 4.78 is 75.4. The number of ether oxygens (including phenoxy) is 7. The van der Waals surface area contributed by atoms with Crippen LogP contribution in [0.15, 0.2) is 42.5 Å². The van der Waals surface area contributed by atoms with Gasteiger partial charge in [-0.3, -0.25) is 28.8 Å². The maximum Gasteiger partial charge on any atom is 0.501 e. The van der Waals surface area contributed by atoms with Gasteiger partial charge in [0.05, 0.1) is 0 Å². The Kier molecular flexibility index (Phi) is 16.2. The van der Waals surface area contributed by atoms with E-state index in [2.05, 4.69) is 0 Å². The van der Waals surface area contributed by atoms with Crippen LogP contribution in [0.25, 0.3) is 0 Å². The lowest BCUT2D eigenvalue weighted by atomic mass is 9.98. The zero-order valence-electron chi connectivity index (χ0n) is 29.8. The van der Waals surface area contributed by atoms with Gasteiger partial charge in [-0.15, -0.1) is 8.42 Å². The van der Waals surface area contributed by atoms with Gasteiger partial charge >= 0.3 is 34.3 Å². The first kappa shape index (κ1) is 42.3. The average Bonchev–Trinajstić information content (AvgIpc) is 3.08. The number of unbranched alkanes of at least 4 members (excludes halogenated alkanes) is 1. The lowest BCUT2D eigenvalue weighted by molar-refractivity contribution is -0.288. The smallest absolute Gasteiger partial charge is 0.463 e. The molecule has 2 aromatic carbocycles. The number of hydrogen-bond donors (Lipinski definition) is 0. The van der Waals surface area contributed by atoms with Crippen molar-refractivity contribution in [2.24, 2.45) is 0 Å². The van der Waals surface area contributed by atoms with Crippen LogP contribution in [0, 0.1) is 0 Å². The predicted octanol–water partition coefficient (Wildman–Crippen LogP) is 3.44. The summed E-state index contributed by atoms with van der Waals surface area (Å²) in [6.07, 6.45) is -5.11. The van der Waals surface area contributed by atoms with Crippen molar-refractivity contribution in [2.75, 3.05) is 19.8 Å². The summed E-state index contributed by atoms with van der Waals surface area (Å²) in [6.45, 7) is 6.57. The molecule has 3 rings (SSSR count). The van der Waals surface area contributed by atoms with Crippen molar-refractivity contribution in [1.82, 2.24) is 0 Å². The molecule has 1 heterocycles. The van der Waals surface area contributed by atoms with Crippen LogP contribution in [-0.2, 0) is 58.0 Å². The summed E-state index contributed by atoms with van der Waals surface area (Å²) in [5.74, 6) is -4.96. The third-order valence-corrected chi connectivity index (χ3v) is 7.98. The van der Waals surface area contributed by atoms with Gasteiger partial charge in [0, 0.05) is 58.5 Å². The number of aldehydes is 1. The molecule has 0 aromatic heterocycles. The third kappa shape index (κ3) is 13.8. The highest BCUT2D eigenvalue weighted by Gasteiger charge is 2.53. The molecule has 0 saturated carbocycles. The number of esters is 4. The van der Waals surface area contributed by atoms with E-state index in [0.717, 1.165) is 46.6 Å². The highest BCUT2D eigenvalue weighted by atomic mass is 32.3. The van der Waals surface area contributed by atoms with Gasteiger partial charge in [0.2, 0.25) is 12.4 Å². The molecule has 1 unspecified atom stereocenters. The van der Waals surface area contributed by atoms with E-state index in [0.29, 0.717) is 25.9 Å². The predicted molar refractivity (Wildman–Crippen MR) is 180 cm³/mol. The van der Waals surface area contributed by atoms with Crippen molar-refractivity contribution in [1.29, 1.82) is 0 Å². The second-order valence-corrected chi connectivity index (χ2v) is 12.8. The van der Waals surface area contributed by atoms with Gasteiger partial charge in [-0.05, 0) is 55.3 Å². The Hall–Kier alpha value is -5.07. The van der Waals surface area contributed by atoms with Gasteiger partial charge in [-0.2, -0.15) is 0 Å². The van der Waals surface area contributed by atoms with Crippen LogP contribution in [-0.4, -0.2) is 94.9 Å². The first-order valence-corrected chi connectivity index (χ1v) is 17.9. The van der Waals surface area contributed by atoms with Gasteiger partial charge in [-0.25, -0.2) is 0 Å². The Morgan fingerprint density at radius 3 is 1.98 bits per heavy atom. The molecule has 17 nitrogen and oxygen atoms in total. The van der Waals surface area contributed by atoms with Gasteiger partial charge in [0.25, 0.3) is 0 Å². The molecule has 1 saturated heterocycles. The van der Waals surface area contributed by atoms with Crippen LogP contribution in [0.1, 0.15) is 81.0 Å². The van der Waals surface area contributed by atoms with Crippen molar-refractivity contribution in [3.8, 4) is 17.2 Å². The minimum Gasteiger partial charge on any atom is -0.463 e. The Bertz CT molecular complexity index is 1710. The van der Waals surface area contributed by atoms with Crippen LogP contribution in [0.5, 0.6) is 17.2 Å². The summed E-state index contributed by atoms with van der Waals surface area (Å²) in [5.41, 5.74) is 0.270. The fourth-order valence-corrected chi connectivity index (χ4v) is 5.66. The summed E-state index contributed by atoms with van der Waals surface area (Å²) in [5, 5.41) is 0. The Labute approximate surface area is 306 Å². The molecule has 1 fully saturated rings. The van der Waals surface area contributed by atoms with Crippen molar-refractivity contribution in [3.05, 3.63) is 53.6 Å². The minimum atomic E-state index is -4.96. The molecule has 1 aliphatic rings. The first-order chi connectivity index (χ1) is 25.1. The van der Waals surface area contributed by atoms with Gasteiger partial charge in [-0.1, -0.05) is 13.3 Å². The van der Waals surface area contributed by atoms with Crippen LogP contribution in [0.2, 0.25) is 0 Å². The van der Waals surface area contributed by atoms with E-state index in [1.54, 1.807) is 0 Å². The van der Waals surface area contributed by atoms with E-state index in [-0.39, 0.29) is 23.3 Å². The molecule has 290 valence electrons. The van der Waals surface area contributed by atoms with E-state index in [4.69, 9.17) is 41.5 Å². The van der Waals surface area contributed by atoms with Crippen LogP contribution >= 0.6 is 0 Å². The number of Topliss-reactive ketones (excluding diaryl/α,β-unsaturated/α-hetero) is 1. The second-order valence-electron chi connectivity index (χ2n) is 11.6. The van der Waals surface area contributed by atoms with Crippen molar-refractivity contribution >= 4 is 46.3 Å². The highest BCUT2D eigenvalue weighted by molar-refractivity contribution is 7.82. The Balaban J connectivity index is 2.04. The van der Waals surface area contributed by atoms with E-state index < -0.39 is 88.9 Å². The normalized spacial score (nSPS) is 19.6. The van der Waals surface area contributed by atoms with E-state index in [9.17, 15) is 37.2 Å². The fourth-order valence-electron chi connectivity index (χ4n) is 4.93. The molecule has 0 bridgehead atoms. The molecule has 0 amide bonds. The average molecular weight is 767 g/mol. The van der Waals surface area contributed by atoms with Gasteiger partial charge < -0.3 is 41.5 Å². The zero-order valence-corrected chi connectivity index (χ0v) is 30.6. The highest BCUT2D eigenvalue weighted by Crippen LogP contribution is 2.36. The molecule has 53 heavy (non-hydrogen) atoms. The maximum atomic E-state index is 13.2. The molecule has 0 aliphatic carbocycles. The second kappa shape index (κ2) is 20.2. The molecule has 2 aromatic rings. The number of carbonyl (C=O) groups excluding carboxylic acids is 6. The van der Waals surface area contributed by atoms with E-state index >= 15 is 0 Å². The third-order valence-electron chi connectivity index (χ3n) is 7.20. The standard InChI is InChI=1S/C35H42O17S/c1-6-7-16-44-17-8-9-28(41)26-12-15-29(30(18-26)52-53(42,43)51-27-13-10-25(19-36)11-14-27)49-35-34(48-24(5)40)33(47-23(4)39)32(46-22(3)38)31(50-35)20-45-21(2)37/h10-15,18-19,31-35H,6-9,16-17,20H2,1-5H3/t31-,32+,33+,34-,35?/m1/s1. The molecular weight excluding hydrogens is 724 g/mol. The Morgan fingerprint density at radius 2 is 1.38 bits per heavy atom. The number of rotatable bonds is 20. The number of ketones is 1. The maximum absolute atomic E-state index is 13.2. The topological polar surface area (TPSA) is 220 Å². The molecule has 0 spiro atoms. The lowest BCUT2D eigenvalue weighted by Gasteiger charge is -2.43. The molecule has 0 N–H and O–H groups in total. The lowest BCUT2D eigenvalue weighted by Crippen LogP contribution is -2.63. The van der Waals surface area contributed by atoms with Gasteiger partial charge in [0.1, 0.15) is 24.7 Å². The van der Waals surface area contributed by atoms with Crippen molar-refractivity contribution in [2.45, 2.75) is 91.0 Å². The Morgan fingerprint density at radius 1 is 0.755 bits per heavy atom. The largest absolute Gasteiger partial charge is 0.501 e. The molecule has 0 radical (unpaired) electrons. The summed E-state index contributed by atoms with van der Waals surface area (Å²) in [4.78, 5) is 72.5. The van der Waals surface area contributed by atoms with Crippen LogP contribution in [0.4, 0.5) is 0 Å². The molecule has 18 heteroatoms. The number of benzene rings is 2. The molecule has 1 aliphatic heterocycles. The molecule has 5 atom stereocenters. The van der Waals surface area contributed by atoms with E-state index in [1.807, 2.05) is 6.92 Å². The zero-order chi connectivity index (χ0) is 39.1. The minimum absolute atomic E-state index is 0.0213. The summed E-state index contributed by atoms with van der Waals surface area (Å²) in [7, 11) is -4.96. The van der Waals surface area contributed by atoms with Gasteiger partial charge in [0.15, 0.2) is 29.5 Å². The SMILES string of the molecule is CCCCOCCCC(=O)c1ccc(OC2O[C@H](COC(C)=O)[C@H](OC(C)=O)[C@H](OC(C)=O)[C@H]2OC(C)=O)c(OS(=O)(=O)Oc2ccc(C=O)cc2)c1. The first-order valence-electron chi connectivity index (χ1n) is 16.5. The molecular formula is C35H42O17S. The monoisotopic (exact) mass is 766 g/mol. The number of carbonyl (C=O) groups is 6. The van der Waals surface area contributed by atoms with Crippen molar-refractivity contribution < 1.29 is 78.7 Å². The summed E-state index contributed by atoms with van der Waals surface area (Å²) >= 11 is 0. The van der Waals surface area contributed by atoms with Crippen LogP contribution in [0.3, 0.4) is 0 Å².